The predicted octanol–water partition coefficient (Wildman–Crippen LogP) is 9.11. The fourth-order valence-corrected chi connectivity index (χ4v) is 15.0. The minimum Gasteiger partial charge on any atom is -0.312 e. The van der Waals surface area contributed by atoms with E-state index < -0.39 is 0 Å². The van der Waals surface area contributed by atoms with E-state index in [0.29, 0.717) is 0 Å². The van der Waals surface area contributed by atoms with E-state index in [1.54, 1.807) is 0 Å². The molecule has 7 aliphatic heterocycles. The van der Waals surface area contributed by atoms with Crippen molar-refractivity contribution >= 4 is 0 Å². The Morgan fingerprint density at radius 3 is 1.05 bits per heavy atom. The van der Waals surface area contributed by atoms with Crippen LogP contribution in [0.3, 0.4) is 0 Å². The Hall–Kier alpha value is -0.560. The van der Waals surface area contributed by atoms with E-state index in [2.05, 4.69) is 230 Å². The van der Waals surface area contributed by atoms with Crippen LogP contribution < -0.4 is 0 Å². The lowest BCUT2D eigenvalue weighted by Crippen LogP contribution is -2.48. The van der Waals surface area contributed by atoms with Gasteiger partial charge in [0.25, 0.3) is 0 Å². The van der Waals surface area contributed by atoms with E-state index in [-0.39, 0.29) is 0 Å². The third-order valence-electron chi connectivity index (χ3n) is 22.6. The van der Waals surface area contributed by atoms with Gasteiger partial charge in [0, 0.05) is 26.1 Å². The molecule has 0 amide bonds. The minimum atomic E-state index is 0.782. The van der Waals surface area contributed by atoms with Crippen LogP contribution in [0.5, 0.6) is 0 Å². The van der Waals surface area contributed by atoms with Crippen molar-refractivity contribution in [2.45, 2.75) is 205 Å². The first-order chi connectivity index (χ1) is 37.4. The molecule has 7 saturated heterocycles. The standard InChI is InChI=1S/3C10H23N2.4C9H21N2/c1-5-7-10-8-12(4,6-2)9-11(10)3;1-5-7-10-8-11(3)9-12(10,4)6-2;1-5-10-8-11(6-2)9-12(10,4)7-3;1-5-9-7-11(4,6-2)8-10(9)3;1-5-9-7-10(3)8-11(9,4)6-2;1-5-10-8-11(4,6-2)7-9(10)3;1-5-10-7-9(3)11(4,6-2)8-10/h3*10H,5-9H2,1-4H3;4*9H,5-8H2,1-4H3/q7*+1/t3*10?,12-;4*9?,11-/m1001010/s1. The number of hydrogen-bond donors (Lipinski definition) is 0. The molecule has 0 aromatic carbocycles. The van der Waals surface area contributed by atoms with Gasteiger partial charge in [-0.05, 0) is 116 Å². The first kappa shape index (κ1) is 77.5. The van der Waals surface area contributed by atoms with Gasteiger partial charge in [0.05, 0.1) is 159 Å². The molecule has 480 valence electrons. The van der Waals surface area contributed by atoms with Crippen LogP contribution in [0.1, 0.15) is 163 Å². The summed E-state index contributed by atoms with van der Waals surface area (Å²) in [4.78, 5) is 17.6. The Balaban J connectivity index is 0.000000467. The second-order valence-corrected chi connectivity index (χ2v) is 29.1. The molecule has 7 rings (SSSR count). The summed E-state index contributed by atoms with van der Waals surface area (Å²) in [6.07, 6.45) is 9.32. The highest BCUT2D eigenvalue weighted by Crippen LogP contribution is 2.26. The lowest BCUT2D eigenvalue weighted by Gasteiger charge is -2.34. The van der Waals surface area contributed by atoms with E-state index in [4.69, 9.17) is 0 Å². The van der Waals surface area contributed by atoms with Gasteiger partial charge in [0.15, 0.2) is 0 Å². The SMILES string of the molecule is CCC1CN(C)C[N@+]1(C)CC.CCC1CN(CC)C[N@+]1(C)CC.CCC1C[N@@+](C)(CC)CN1C.CCCC1CN(C)C[N@+]1(C)CC.CCCC1C[N@@+](C)(CC)CN1C.CCN1CC(C)[N@@+](C)(CC)C1.CCN1C[N@+](C)(CC)CC1C. The van der Waals surface area contributed by atoms with Gasteiger partial charge in [0.2, 0.25) is 0 Å². The molecule has 0 saturated carbocycles. The Labute approximate surface area is 504 Å². The molecule has 14 heteroatoms. The lowest BCUT2D eigenvalue weighted by molar-refractivity contribution is -0.922. The zero-order valence-corrected chi connectivity index (χ0v) is 60.2. The summed E-state index contributed by atoms with van der Waals surface area (Å²) in [6.45, 7) is 69.3. The van der Waals surface area contributed by atoms with Gasteiger partial charge in [-0.1, -0.05) is 68.2 Å². The molecule has 80 heavy (non-hydrogen) atoms. The number of rotatable bonds is 17. The van der Waals surface area contributed by atoms with Crippen LogP contribution in [0, 0.1) is 0 Å². The zero-order chi connectivity index (χ0) is 61.5. The van der Waals surface area contributed by atoms with E-state index in [9.17, 15) is 0 Å². The molecule has 0 bridgehead atoms. The maximum absolute atomic E-state index is 2.57. The molecular weight excluding hydrogens is 989 g/mol. The Kier molecular flexibility index (Phi) is 34.8. The Bertz CT molecular complexity index is 1590. The normalized spacial score (nSPS) is 38.8. The number of nitrogens with zero attached hydrogens (tertiary/aromatic N) is 14. The molecule has 0 aromatic heterocycles. The first-order valence-electron chi connectivity index (χ1n) is 34.2. The molecule has 7 fully saturated rings. The van der Waals surface area contributed by atoms with Gasteiger partial charge < -0.3 is 31.4 Å². The monoisotopic (exact) mass is 1140 g/mol. The van der Waals surface area contributed by atoms with E-state index >= 15 is 0 Å². The average molecular weight is 1140 g/mol. The fraction of sp³-hybridized carbons (Fsp3) is 1.00. The smallest absolute Gasteiger partial charge is 0.135 e. The van der Waals surface area contributed by atoms with Crippen molar-refractivity contribution < 1.29 is 31.4 Å². The topological polar surface area (TPSA) is 22.7 Å². The zero-order valence-electron chi connectivity index (χ0n) is 60.2. The van der Waals surface area contributed by atoms with Crippen molar-refractivity contribution in [3.63, 3.8) is 0 Å². The lowest BCUT2D eigenvalue weighted by atomic mass is 10.1. The van der Waals surface area contributed by atoms with Crippen LogP contribution in [0.4, 0.5) is 0 Å². The van der Waals surface area contributed by atoms with Crippen LogP contribution in [0.15, 0.2) is 0 Å². The minimum absolute atomic E-state index is 0.782. The van der Waals surface area contributed by atoms with Crippen molar-refractivity contribution in [3.8, 4) is 0 Å². The number of quaternary nitrogens is 7. The van der Waals surface area contributed by atoms with Gasteiger partial charge in [-0.3, -0.25) is 29.4 Å². The molecule has 7 aliphatic rings. The highest BCUT2D eigenvalue weighted by Gasteiger charge is 2.43. The van der Waals surface area contributed by atoms with Gasteiger partial charge >= 0.3 is 0 Å². The molecule has 0 spiro atoms. The van der Waals surface area contributed by atoms with Crippen LogP contribution >= 0.6 is 0 Å². The summed E-state index contributed by atoms with van der Waals surface area (Å²) in [5.41, 5.74) is 0. The van der Waals surface area contributed by atoms with Crippen LogP contribution in [-0.2, 0) is 0 Å². The third kappa shape index (κ3) is 22.9. The summed E-state index contributed by atoms with van der Waals surface area (Å²) in [5.74, 6) is 0. The summed E-state index contributed by atoms with van der Waals surface area (Å²) in [6, 6.07) is 5.87. The van der Waals surface area contributed by atoms with E-state index in [1.807, 2.05) is 0 Å². The van der Waals surface area contributed by atoms with Crippen molar-refractivity contribution in [1.82, 2.24) is 34.3 Å². The summed E-state index contributed by atoms with van der Waals surface area (Å²) in [5, 5.41) is 0. The maximum Gasteiger partial charge on any atom is 0.135 e. The first-order valence-corrected chi connectivity index (χ1v) is 34.2. The average Bonchev–Trinajstić information content (AvgIpc) is 4.29. The summed E-state index contributed by atoms with van der Waals surface area (Å²) >= 11 is 0. The molecule has 0 N–H and O–H groups in total. The maximum atomic E-state index is 2.57. The molecule has 14 atom stereocenters. The molecule has 0 aromatic rings. The van der Waals surface area contributed by atoms with Gasteiger partial charge in [0.1, 0.15) is 70.8 Å². The molecule has 7 unspecified atom stereocenters. The van der Waals surface area contributed by atoms with Crippen LogP contribution in [0.25, 0.3) is 0 Å². The van der Waals surface area contributed by atoms with Crippen molar-refractivity contribution in [2.75, 3.05) is 235 Å². The van der Waals surface area contributed by atoms with Crippen LogP contribution in [0.2, 0.25) is 0 Å². The van der Waals surface area contributed by atoms with Crippen molar-refractivity contribution in [2.24, 2.45) is 0 Å². The predicted molar refractivity (Wildman–Crippen MR) is 352 cm³/mol. The molecule has 14 nitrogen and oxygen atoms in total. The molecular formula is C66H153N14+7. The fourth-order valence-electron chi connectivity index (χ4n) is 15.0. The van der Waals surface area contributed by atoms with Gasteiger partial charge in [-0.2, -0.15) is 0 Å². The quantitative estimate of drug-likeness (QED) is 0.134. The number of hydrogen-bond acceptors (Lipinski definition) is 7. The third-order valence-corrected chi connectivity index (χ3v) is 22.6. The molecule has 7 heterocycles. The summed E-state index contributed by atoms with van der Waals surface area (Å²) < 4.78 is 8.68. The van der Waals surface area contributed by atoms with Crippen LogP contribution in [-0.4, -0.2) is 343 Å². The molecule has 0 aliphatic carbocycles. The highest BCUT2D eigenvalue weighted by molar-refractivity contribution is 4.74. The Morgan fingerprint density at radius 2 is 0.738 bits per heavy atom. The summed E-state index contributed by atoms with van der Waals surface area (Å²) in [7, 11) is 25.6. The largest absolute Gasteiger partial charge is 0.312 e. The Morgan fingerprint density at radius 1 is 0.350 bits per heavy atom. The number of likely N-dealkylation sites (N-methyl/N-ethyl adjacent to an activating group) is 14. The van der Waals surface area contributed by atoms with Crippen molar-refractivity contribution in [3.05, 3.63) is 0 Å². The van der Waals surface area contributed by atoms with Gasteiger partial charge in [-0.25, -0.2) is 4.90 Å². The van der Waals surface area contributed by atoms with E-state index in [0.717, 1.165) is 42.3 Å². The van der Waals surface area contributed by atoms with Gasteiger partial charge in [-0.15, -0.1) is 0 Å². The second kappa shape index (κ2) is 35.9. The van der Waals surface area contributed by atoms with E-state index in [1.165, 1.54) is 234 Å². The molecule has 0 radical (unpaired) electrons. The van der Waals surface area contributed by atoms with Crippen molar-refractivity contribution in [1.29, 1.82) is 0 Å². The highest BCUT2D eigenvalue weighted by atomic mass is 15.5. The second-order valence-electron chi connectivity index (χ2n) is 29.1.